The molecule has 0 bridgehead atoms. The summed E-state index contributed by atoms with van der Waals surface area (Å²) in [6.07, 6.45) is 1.22. The van der Waals surface area contributed by atoms with E-state index in [1.165, 1.54) is 6.42 Å². The molecule has 1 heteroatoms. The first-order valence-electron chi connectivity index (χ1n) is 3.39. The topological polar surface area (TPSA) is 9.23 Å². The minimum atomic E-state index is 0. The van der Waals surface area contributed by atoms with Crippen LogP contribution in [0.2, 0.25) is 0 Å². The molecular weight excluding hydrogens is 124 g/mol. The van der Waals surface area contributed by atoms with E-state index in [4.69, 9.17) is 4.74 Å². The first-order valence-corrected chi connectivity index (χ1v) is 3.39. The molecule has 0 aliphatic heterocycles. The third kappa shape index (κ3) is 10.9. The summed E-state index contributed by atoms with van der Waals surface area (Å²) in [6, 6.07) is 0. The first kappa shape index (κ1) is 16.5. The van der Waals surface area contributed by atoms with Crippen molar-refractivity contribution < 1.29 is 4.74 Å². The molecule has 0 fully saturated rings. The van der Waals surface area contributed by atoms with Crippen LogP contribution in [0.25, 0.3) is 0 Å². The van der Waals surface area contributed by atoms with Crippen molar-refractivity contribution in [3.05, 3.63) is 0 Å². The van der Waals surface area contributed by atoms with E-state index in [0.29, 0.717) is 0 Å². The van der Waals surface area contributed by atoms with Crippen LogP contribution in [-0.2, 0) is 4.74 Å². The summed E-state index contributed by atoms with van der Waals surface area (Å²) in [5, 5.41) is 0. The molecule has 1 unspecified atom stereocenters. The van der Waals surface area contributed by atoms with Gasteiger partial charge in [-0.2, -0.15) is 0 Å². The van der Waals surface area contributed by atoms with Crippen molar-refractivity contribution in [2.24, 2.45) is 5.92 Å². The van der Waals surface area contributed by atoms with Gasteiger partial charge in [0.15, 0.2) is 0 Å². The summed E-state index contributed by atoms with van der Waals surface area (Å²) in [7, 11) is 0. The van der Waals surface area contributed by atoms with Gasteiger partial charge < -0.3 is 4.74 Å². The lowest BCUT2D eigenvalue weighted by molar-refractivity contribution is 0.115. The molecule has 0 radical (unpaired) electrons. The maximum atomic E-state index is 5.19. The van der Waals surface area contributed by atoms with E-state index in [-0.39, 0.29) is 14.9 Å². The Bertz CT molecular complexity index is 44.0. The van der Waals surface area contributed by atoms with Gasteiger partial charge in [-0.1, -0.05) is 35.1 Å². The van der Waals surface area contributed by atoms with Crippen molar-refractivity contribution in [3.63, 3.8) is 0 Å². The molecule has 1 nitrogen and oxygen atoms in total. The maximum Gasteiger partial charge on any atom is 0.0491 e. The molecule has 0 N–H and O–H groups in total. The normalized spacial score (nSPS) is 11.1. The second kappa shape index (κ2) is 11.7. The smallest absolute Gasteiger partial charge is 0.0491 e. The standard InChI is InChI=1S/C7H16O.2CH4/c1-4-7(3)6-8-5-2;;/h7H,4-6H2,1-3H3;2*1H4. The lowest BCUT2D eigenvalue weighted by atomic mass is 10.1. The van der Waals surface area contributed by atoms with E-state index in [0.717, 1.165) is 19.1 Å². The summed E-state index contributed by atoms with van der Waals surface area (Å²) in [5.74, 6) is 0.731. The fraction of sp³-hybridized carbons (Fsp3) is 1.00. The quantitative estimate of drug-likeness (QED) is 0.594. The molecule has 0 aliphatic rings. The van der Waals surface area contributed by atoms with Gasteiger partial charge in [-0.25, -0.2) is 0 Å². The van der Waals surface area contributed by atoms with Crippen LogP contribution in [0.3, 0.4) is 0 Å². The van der Waals surface area contributed by atoms with Gasteiger partial charge in [0.1, 0.15) is 0 Å². The average Bonchev–Trinajstić information content (AvgIpc) is 1.83. The highest BCUT2D eigenvalue weighted by molar-refractivity contribution is 4.44. The van der Waals surface area contributed by atoms with E-state index >= 15 is 0 Å². The van der Waals surface area contributed by atoms with Crippen molar-refractivity contribution in [1.29, 1.82) is 0 Å². The average molecular weight is 148 g/mol. The van der Waals surface area contributed by atoms with Gasteiger partial charge >= 0.3 is 0 Å². The fourth-order valence-corrected chi connectivity index (χ4v) is 0.437. The third-order valence-electron chi connectivity index (χ3n) is 1.30. The number of ether oxygens (including phenoxy) is 1. The van der Waals surface area contributed by atoms with Crippen LogP contribution in [-0.4, -0.2) is 13.2 Å². The summed E-state index contributed by atoms with van der Waals surface area (Å²) < 4.78 is 5.19. The van der Waals surface area contributed by atoms with E-state index in [1.54, 1.807) is 0 Å². The Kier molecular flexibility index (Phi) is 19.3. The van der Waals surface area contributed by atoms with E-state index in [1.807, 2.05) is 6.92 Å². The third-order valence-corrected chi connectivity index (χ3v) is 1.30. The van der Waals surface area contributed by atoms with Crippen LogP contribution >= 0.6 is 0 Å². The SMILES string of the molecule is C.C.CCOCC(C)CC. The number of hydrogen-bond donors (Lipinski definition) is 0. The molecule has 66 valence electrons. The molecule has 0 aliphatic carbocycles. The Labute approximate surface area is 66.8 Å². The Morgan fingerprint density at radius 1 is 1.20 bits per heavy atom. The van der Waals surface area contributed by atoms with Gasteiger partial charge in [-0.3, -0.25) is 0 Å². The monoisotopic (exact) mass is 148 g/mol. The summed E-state index contributed by atoms with van der Waals surface area (Å²) in [4.78, 5) is 0. The van der Waals surface area contributed by atoms with Gasteiger partial charge in [-0.15, -0.1) is 0 Å². The molecule has 0 aromatic heterocycles. The van der Waals surface area contributed by atoms with Crippen LogP contribution in [0, 0.1) is 5.92 Å². The van der Waals surface area contributed by atoms with Crippen molar-refractivity contribution in [3.8, 4) is 0 Å². The van der Waals surface area contributed by atoms with Crippen molar-refractivity contribution in [2.75, 3.05) is 13.2 Å². The van der Waals surface area contributed by atoms with Gasteiger partial charge in [0.25, 0.3) is 0 Å². The van der Waals surface area contributed by atoms with Crippen LogP contribution in [0.15, 0.2) is 0 Å². The minimum absolute atomic E-state index is 0. The van der Waals surface area contributed by atoms with Crippen LogP contribution in [0.5, 0.6) is 0 Å². The molecule has 0 heterocycles. The zero-order valence-corrected chi connectivity index (χ0v) is 6.11. The zero-order chi connectivity index (χ0) is 6.41. The van der Waals surface area contributed by atoms with E-state index < -0.39 is 0 Å². The highest BCUT2D eigenvalue weighted by atomic mass is 16.5. The van der Waals surface area contributed by atoms with Gasteiger partial charge in [0.05, 0.1) is 0 Å². The Morgan fingerprint density at radius 3 is 2.00 bits per heavy atom. The highest BCUT2D eigenvalue weighted by Gasteiger charge is 1.94. The summed E-state index contributed by atoms with van der Waals surface area (Å²) in [5.41, 5.74) is 0. The second-order valence-corrected chi connectivity index (χ2v) is 2.17. The van der Waals surface area contributed by atoms with Crippen molar-refractivity contribution in [1.82, 2.24) is 0 Å². The molecule has 0 rings (SSSR count). The fourth-order valence-electron chi connectivity index (χ4n) is 0.437. The molecular formula is C9H24O. The van der Waals surface area contributed by atoms with Crippen LogP contribution < -0.4 is 0 Å². The lowest BCUT2D eigenvalue weighted by Gasteiger charge is -2.05. The predicted octanol–water partition coefficient (Wildman–Crippen LogP) is 3.34. The molecule has 0 amide bonds. The second-order valence-electron chi connectivity index (χ2n) is 2.17. The largest absolute Gasteiger partial charge is 0.381 e. The van der Waals surface area contributed by atoms with Crippen LogP contribution in [0.4, 0.5) is 0 Å². The number of hydrogen-bond acceptors (Lipinski definition) is 1. The van der Waals surface area contributed by atoms with Gasteiger partial charge in [-0.05, 0) is 12.8 Å². The Balaban J connectivity index is -0.000000245. The molecule has 0 spiro atoms. The van der Waals surface area contributed by atoms with Crippen molar-refractivity contribution >= 4 is 0 Å². The van der Waals surface area contributed by atoms with Crippen molar-refractivity contribution in [2.45, 2.75) is 42.0 Å². The molecule has 0 aromatic carbocycles. The van der Waals surface area contributed by atoms with Gasteiger partial charge in [0.2, 0.25) is 0 Å². The minimum Gasteiger partial charge on any atom is -0.381 e. The lowest BCUT2D eigenvalue weighted by Crippen LogP contribution is -2.03. The molecule has 0 aromatic rings. The van der Waals surface area contributed by atoms with Gasteiger partial charge in [0, 0.05) is 13.2 Å². The summed E-state index contributed by atoms with van der Waals surface area (Å²) in [6.45, 7) is 8.19. The number of rotatable bonds is 4. The molecule has 0 saturated heterocycles. The van der Waals surface area contributed by atoms with Crippen LogP contribution in [0.1, 0.15) is 42.0 Å². The maximum absolute atomic E-state index is 5.19. The first-order chi connectivity index (χ1) is 3.81. The zero-order valence-electron chi connectivity index (χ0n) is 6.11. The Morgan fingerprint density at radius 2 is 1.70 bits per heavy atom. The molecule has 1 atom stereocenters. The highest BCUT2D eigenvalue weighted by Crippen LogP contribution is 1.99. The Hall–Kier alpha value is -0.0400. The van der Waals surface area contributed by atoms with E-state index in [9.17, 15) is 0 Å². The van der Waals surface area contributed by atoms with E-state index in [2.05, 4.69) is 13.8 Å². The molecule has 10 heavy (non-hydrogen) atoms. The summed E-state index contributed by atoms with van der Waals surface area (Å²) >= 11 is 0. The predicted molar refractivity (Wildman–Crippen MR) is 49.4 cm³/mol. The molecule has 0 saturated carbocycles.